The van der Waals surface area contributed by atoms with Gasteiger partial charge in [0.15, 0.2) is 0 Å². The molecule has 1 aliphatic heterocycles. The van der Waals surface area contributed by atoms with Crippen LogP contribution in [0.1, 0.15) is 68.8 Å². The van der Waals surface area contributed by atoms with Gasteiger partial charge < -0.3 is 15.3 Å². The van der Waals surface area contributed by atoms with E-state index in [1.807, 2.05) is 20.8 Å². The number of nitrogens with one attached hydrogen (secondary N) is 1. The molecule has 0 spiro atoms. The fourth-order valence-corrected chi connectivity index (χ4v) is 4.90. The quantitative estimate of drug-likeness (QED) is 0.549. The highest BCUT2D eigenvalue weighted by Crippen LogP contribution is 2.40. The number of halogens is 4. The molecule has 0 unspecified atom stereocenters. The number of nitrogens with zero attached hydrogens (tertiary/aromatic N) is 4. The van der Waals surface area contributed by atoms with E-state index in [1.54, 1.807) is 6.20 Å². The van der Waals surface area contributed by atoms with Gasteiger partial charge in [-0.1, -0.05) is 41.9 Å². The molecule has 2 heterocycles. The van der Waals surface area contributed by atoms with E-state index in [2.05, 4.69) is 31.6 Å². The van der Waals surface area contributed by atoms with Crippen molar-refractivity contribution in [2.75, 3.05) is 6.54 Å². The van der Waals surface area contributed by atoms with Gasteiger partial charge in [0.25, 0.3) is 0 Å². The minimum absolute atomic E-state index is 0.0269. The van der Waals surface area contributed by atoms with Gasteiger partial charge in [-0.3, -0.25) is 9.59 Å². The highest BCUT2D eigenvalue weighted by molar-refractivity contribution is 9.10. The van der Waals surface area contributed by atoms with Crippen LogP contribution < -0.4 is 5.32 Å². The Hall–Kier alpha value is -2.47. The first-order chi connectivity index (χ1) is 16.8. The molecule has 2 aromatic rings. The summed E-state index contributed by atoms with van der Waals surface area (Å²) < 4.78 is 41.3. The van der Waals surface area contributed by atoms with Gasteiger partial charge in [-0.05, 0) is 42.0 Å². The van der Waals surface area contributed by atoms with Gasteiger partial charge in [0.1, 0.15) is 12.1 Å². The lowest BCUT2D eigenvalue weighted by molar-refractivity contribution is -0.144. The van der Waals surface area contributed by atoms with Crippen molar-refractivity contribution in [3.8, 4) is 0 Å². The number of amides is 2. The Bertz CT molecular complexity index is 1140. The van der Waals surface area contributed by atoms with Crippen molar-refractivity contribution in [2.45, 2.75) is 76.9 Å². The molecule has 2 aliphatic rings. The summed E-state index contributed by atoms with van der Waals surface area (Å²) in [5.74, 6) is -0.558. The van der Waals surface area contributed by atoms with Gasteiger partial charge >= 0.3 is 6.18 Å². The largest absolute Gasteiger partial charge is 0.416 e. The SMILES string of the molecule is CC(C)(C)[C@@H](C(=O)N1C[C@H](O)C[C@H]1C(=O)NCc1cc(C(F)(F)F)ccc1Br)n1cc(C2CC2)nn1. The van der Waals surface area contributed by atoms with Crippen molar-refractivity contribution in [3.63, 3.8) is 0 Å². The Morgan fingerprint density at radius 2 is 1.94 bits per heavy atom. The summed E-state index contributed by atoms with van der Waals surface area (Å²) in [5, 5.41) is 21.4. The van der Waals surface area contributed by atoms with Crippen LogP contribution in [0.5, 0.6) is 0 Å². The number of hydrogen-bond acceptors (Lipinski definition) is 5. The average molecular weight is 572 g/mol. The number of benzene rings is 1. The van der Waals surface area contributed by atoms with E-state index in [0.29, 0.717) is 10.4 Å². The number of aromatic nitrogens is 3. The zero-order chi connectivity index (χ0) is 26.4. The summed E-state index contributed by atoms with van der Waals surface area (Å²) in [4.78, 5) is 28.2. The molecule has 12 heteroatoms. The van der Waals surface area contributed by atoms with Crippen molar-refractivity contribution in [1.29, 1.82) is 0 Å². The summed E-state index contributed by atoms with van der Waals surface area (Å²) in [6, 6.07) is 1.48. The van der Waals surface area contributed by atoms with Crippen LogP contribution in [0, 0.1) is 5.41 Å². The summed E-state index contributed by atoms with van der Waals surface area (Å²) in [7, 11) is 0. The van der Waals surface area contributed by atoms with E-state index < -0.39 is 41.2 Å². The molecule has 1 aromatic carbocycles. The van der Waals surface area contributed by atoms with E-state index in [0.717, 1.165) is 30.7 Å². The molecule has 0 radical (unpaired) electrons. The van der Waals surface area contributed by atoms with E-state index in [4.69, 9.17) is 0 Å². The van der Waals surface area contributed by atoms with Crippen molar-refractivity contribution < 1.29 is 27.9 Å². The number of alkyl halides is 3. The van der Waals surface area contributed by atoms with E-state index in [-0.39, 0.29) is 31.0 Å². The van der Waals surface area contributed by atoms with Gasteiger partial charge in [-0.2, -0.15) is 13.2 Å². The summed E-state index contributed by atoms with van der Waals surface area (Å²) >= 11 is 3.22. The number of likely N-dealkylation sites (tertiary alicyclic amines) is 1. The minimum atomic E-state index is -4.51. The Morgan fingerprint density at radius 3 is 2.56 bits per heavy atom. The normalized spacial score (nSPS) is 21.5. The maximum atomic E-state index is 13.7. The monoisotopic (exact) mass is 571 g/mol. The molecule has 1 saturated heterocycles. The third-order valence-corrected chi connectivity index (χ3v) is 7.31. The molecule has 196 valence electrons. The van der Waals surface area contributed by atoms with Crippen molar-refractivity contribution in [3.05, 3.63) is 45.7 Å². The molecular weight excluding hydrogens is 543 g/mol. The zero-order valence-corrected chi connectivity index (χ0v) is 21.8. The third-order valence-electron chi connectivity index (χ3n) is 6.53. The zero-order valence-electron chi connectivity index (χ0n) is 20.2. The highest BCUT2D eigenvalue weighted by Gasteiger charge is 2.45. The first-order valence-corrected chi connectivity index (χ1v) is 12.6. The predicted molar refractivity (Wildman–Crippen MR) is 128 cm³/mol. The standard InChI is InChI=1S/C24H29BrF3N5O3/c1-23(2,3)20(33-12-18(30-31-33)13-4-5-13)22(36)32-11-16(34)9-19(32)21(35)29-10-14-8-15(24(26,27)28)6-7-17(14)25/h6-8,12-13,16,19-20,34H,4-5,9-11H2,1-3H3,(H,29,35)/t16-,19+,20-/m1/s1. The van der Waals surface area contributed by atoms with Crippen LogP contribution in [-0.2, 0) is 22.3 Å². The second kappa shape index (κ2) is 9.77. The van der Waals surface area contributed by atoms with Crippen LogP contribution in [0.25, 0.3) is 0 Å². The van der Waals surface area contributed by atoms with Crippen LogP contribution in [-0.4, -0.2) is 55.5 Å². The molecule has 0 bridgehead atoms. The lowest BCUT2D eigenvalue weighted by atomic mass is 9.85. The van der Waals surface area contributed by atoms with E-state index >= 15 is 0 Å². The molecule has 2 N–H and O–H groups in total. The molecule has 8 nitrogen and oxygen atoms in total. The molecular formula is C24H29BrF3N5O3. The Labute approximate surface area is 215 Å². The number of aliphatic hydroxyl groups is 1. The van der Waals surface area contributed by atoms with Gasteiger partial charge in [0, 0.05) is 36.1 Å². The second-order valence-electron chi connectivity index (χ2n) is 10.6. The number of aliphatic hydroxyl groups excluding tert-OH is 1. The topological polar surface area (TPSA) is 100 Å². The van der Waals surface area contributed by atoms with Crippen LogP contribution in [0.3, 0.4) is 0 Å². The van der Waals surface area contributed by atoms with Crippen molar-refractivity contribution >= 4 is 27.7 Å². The smallest absolute Gasteiger partial charge is 0.391 e. The maximum absolute atomic E-state index is 13.7. The number of hydrogen-bond donors (Lipinski definition) is 2. The predicted octanol–water partition coefficient (Wildman–Crippen LogP) is 3.80. The van der Waals surface area contributed by atoms with Gasteiger partial charge in [0.05, 0.1) is 17.4 Å². The summed E-state index contributed by atoms with van der Waals surface area (Å²) in [6.07, 6.45) is -1.53. The summed E-state index contributed by atoms with van der Waals surface area (Å²) in [5.41, 5.74) is -0.311. The van der Waals surface area contributed by atoms with E-state index in [1.165, 1.54) is 15.6 Å². The van der Waals surface area contributed by atoms with Gasteiger partial charge in [-0.25, -0.2) is 4.68 Å². The van der Waals surface area contributed by atoms with Crippen LogP contribution >= 0.6 is 15.9 Å². The minimum Gasteiger partial charge on any atom is -0.391 e. The number of carbonyl (C=O) groups is 2. The molecule has 36 heavy (non-hydrogen) atoms. The molecule has 1 aromatic heterocycles. The lowest BCUT2D eigenvalue weighted by Gasteiger charge is -2.34. The average Bonchev–Trinajstić information content (AvgIpc) is 3.38. The molecule has 2 amide bonds. The molecule has 3 atom stereocenters. The van der Waals surface area contributed by atoms with Gasteiger partial charge in [-0.15, -0.1) is 5.10 Å². The highest BCUT2D eigenvalue weighted by atomic mass is 79.9. The number of rotatable bonds is 6. The van der Waals surface area contributed by atoms with Crippen LogP contribution in [0.4, 0.5) is 13.2 Å². The molecule has 1 saturated carbocycles. The summed E-state index contributed by atoms with van der Waals surface area (Å²) in [6.45, 7) is 5.47. The van der Waals surface area contributed by atoms with Gasteiger partial charge in [0.2, 0.25) is 11.8 Å². The number of β-amino-alcohol motifs (C(OH)–C–C–N with tert-alkyl or cyclic N) is 1. The molecule has 4 rings (SSSR count). The first-order valence-electron chi connectivity index (χ1n) is 11.8. The third kappa shape index (κ3) is 5.74. The maximum Gasteiger partial charge on any atom is 0.416 e. The lowest BCUT2D eigenvalue weighted by Crippen LogP contribution is -2.50. The molecule has 1 aliphatic carbocycles. The van der Waals surface area contributed by atoms with Crippen molar-refractivity contribution in [2.24, 2.45) is 5.41 Å². The fourth-order valence-electron chi connectivity index (χ4n) is 4.51. The first kappa shape index (κ1) is 26.6. The molecule has 2 fully saturated rings. The van der Waals surface area contributed by atoms with E-state index in [9.17, 15) is 27.9 Å². The van der Waals surface area contributed by atoms with Crippen LogP contribution in [0.2, 0.25) is 0 Å². The number of carbonyl (C=O) groups excluding carboxylic acids is 2. The second-order valence-corrected chi connectivity index (χ2v) is 11.4. The van der Waals surface area contributed by atoms with Crippen LogP contribution in [0.15, 0.2) is 28.9 Å². The Balaban J connectivity index is 1.52. The fraction of sp³-hybridized carbons (Fsp3) is 0.583. The Kier molecular flexibility index (Phi) is 7.22. The van der Waals surface area contributed by atoms with Crippen molar-refractivity contribution in [1.82, 2.24) is 25.2 Å². The Morgan fingerprint density at radius 1 is 1.25 bits per heavy atom.